The fraction of sp³-hybridized carbons (Fsp3) is 0.278. The van der Waals surface area contributed by atoms with Crippen molar-refractivity contribution in [3.8, 4) is 0 Å². The first kappa shape index (κ1) is 18.2. The van der Waals surface area contributed by atoms with Crippen LogP contribution in [0.3, 0.4) is 0 Å². The SMILES string of the molecule is CC(C)c1ccc(S(=O)(=O)NCC(=O)NCc2ccccc2)cc1. The lowest BCUT2D eigenvalue weighted by atomic mass is 10.0. The van der Waals surface area contributed by atoms with Crippen molar-refractivity contribution < 1.29 is 13.2 Å². The topological polar surface area (TPSA) is 75.3 Å². The van der Waals surface area contributed by atoms with Gasteiger partial charge in [-0.3, -0.25) is 4.79 Å². The monoisotopic (exact) mass is 346 g/mol. The van der Waals surface area contributed by atoms with Crippen LogP contribution in [-0.2, 0) is 21.4 Å². The lowest BCUT2D eigenvalue weighted by Crippen LogP contribution is -2.36. The predicted octanol–water partition coefficient (Wildman–Crippen LogP) is 2.40. The summed E-state index contributed by atoms with van der Waals surface area (Å²) in [4.78, 5) is 12.0. The molecular weight excluding hydrogens is 324 g/mol. The molecule has 6 heteroatoms. The van der Waals surface area contributed by atoms with Crippen LogP contribution in [0.5, 0.6) is 0 Å². The van der Waals surface area contributed by atoms with Crippen molar-refractivity contribution in [1.29, 1.82) is 0 Å². The Kier molecular flexibility index (Phi) is 6.11. The zero-order valence-corrected chi connectivity index (χ0v) is 14.6. The summed E-state index contributed by atoms with van der Waals surface area (Å²) in [5.41, 5.74) is 2.02. The average Bonchev–Trinajstić information content (AvgIpc) is 2.59. The quantitative estimate of drug-likeness (QED) is 0.808. The molecular formula is C18H22N2O3S. The van der Waals surface area contributed by atoms with Crippen molar-refractivity contribution in [3.05, 3.63) is 65.7 Å². The molecule has 2 aromatic carbocycles. The fourth-order valence-electron chi connectivity index (χ4n) is 2.13. The van der Waals surface area contributed by atoms with Gasteiger partial charge in [0.2, 0.25) is 15.9 Å². The summed E-state index contributed by atoms with van der Waals surface area (Å²) in [6.07, 6.45) is 0. The van der Waals surface area contributed by atoms with E-state index in [0.717, 1.165) is 11.1 Å². The second-order valence-corrected chi connectivity index (χ2v) is 7.58. The summed E-state index contributed by atoms with van der Waals surface area (Å²) in [6, 6.07) is 16.1. The first-order valence-corrected chi connectivity index (χ1v) is 9.27. The molecule has 2 N–H and O–H groups in total. The van der Waals surface area contributed by atoms with Gasteiger partial charge in [0, 0.05) is 6.54 Å². The Labute approximate surface area is 143 Å². The van der Waals surface area contributed by atoms with Gasteiger partial charge in [0.25, 0.3) is 0 Å². The minimum absolute atomic E-state index is 0.155. The van der Waals surface area contributed by atoms with E-state index >= 15 is 0 Å². The average molecular weight is 346 g/mol. The molecule has 128 valence electrons. The van der Waals surface area contributed by atoms with E-state index in [4.69, 9.17) is 0 Å². The molecule has 2 rings (SSSR count). The highest BCUT2D eigenvalue weighted by Gasteiger charge is 2.15. The Hall–Kier alpha value is -2.18. The highest BCUT2D eigenvalue weighted by atomic mass is 32.2. The molecule has 5 nitrogen and oxygen atoms in total. The number of amides is 1. The van der Waals surface area contributed by atoms with Gasteiger partial charge in [-0.15, -0.1) is 0 Å². The fourth-order valence-corrected chi connectivity index (χ4v) is 3.12. The molecule has 0 bridgehead atoms. The van der Waals surface area contributed by atoms with Crippen LogP contribution >= 0.6 is 0 Å². The van der Waals surface area contributed by atoms with Crippen molar-refractivity contribution >= 4 is 15.9 Å². The van der Waals surface area contributed by atoms with Crippen LogP contribution in [0.25, 0.3) is 0 Å². The molecule has 0 aliphatic heterocycles. The van der Waals surface area contributed by atoms with Crippen LogP contribution in [0.4, 0.5) is 0 Å². The molecule has 2 aromatic rings. The minimum Gasteiger partial charge on any atom is -0.351 e. The van der Waals surface area contributed by atoms with Crippen molar-refractivity contribution in [3.63, 3.8) is 0 Å². The minimum atomic E-state index is -3.69. The van der Waals surface area contributed by atoms with Gasteiger partial charge < -0.3 is 5.32 Å². The molecule has 1 amide bonds. The maximum absolute atomic E-state index is 12.2. The van der Waals surface area contributed by atoms with E-state index in [1.165, 1.54) is 0 Å². The Morgan fingerprint density at radius 2 is 1.62 bits per heavy atom. The molecule has 0 saturated carbocycles. The lowest BCUT2D eigenvalue weighted by Gasteiger charge is -2.09. The summed E-state index contributed by atoms with van der Waals surface area (Å²) in [5, 5.41) is 2.68. The van der Waals surface area contributed by atoms with Crippen molar-refractivity contribution in [2.75, 3.05) is 6.54 Å². The molecule has 0 aliphatic carbocycles. The van der Waals surface area contributed by atoms with E-state index in [0.29, 0.717) is 12.5 Å². The van der Waals surface area contributed by atoms with Crippen LogP contribution in [0, 0.1) is 0 Å². The lowest BCUT2D eigenvalue weighted by molar-refractivity contribution is -0.120. The van der Waals surface area contributed by atoms with Crippen molar-refractivity contribution in [1.82, 2.24) is 10.0 Å². The highest BCUT2D eigenvalue weighted by molar-refractivity contribution is 7.89. The van der Waals surface area contributed by atoms with Gasteiger partial charge in [-0.25, -0.2) is 13.1 Å². The van der Waals surface area contributed by atoms with Crippen LogP contribution in [0.1, 0.15) is 30.9 Å². The molecule has 0 aromatic heterocycles. The third-order valence-electron chi connectivity index (χ3n) is 3.61. The number of carbonyl (C=O) groups excluding carboxylic acids is 1. The van der Waals surface area contributed by atoms with Gasteiger partial charge in [-0.1, -0.05) is 56.3 Å². The zero-order valence-electron chi connectivity index (χ0n) is 13.8. The molecule has 24 heavy (non-hydrogen) atoms. The third-order valence-corrected chi connectivity index (χ3v) is 5.03. The number of benzene rings is 2. The van der Waals surface area contributed by atoms with Crippen LogP contribution in [0.15, 0.2) is 59.5 Å². The Morgan fingerprint density at radius 1 is 1.00 bits per heavy atom. The molecule has 0 radical (unpaired) electrons. The highest BCUT2D eigenvalue weighted by Crippen LogP contribution is 2.17. The maximum Gasteiger partial charge on any atom is 0.241 e. The van der Waals surface area contributed by atoms with Crippen LogP contribution in [-0.4, -0.2) is 20.9 Å². The first-order chi connectivity index (χ1) is 11.4. The Morgan fingerprint density at radius 3 is 2.21 bits per heavy atom. The van der Waals surface area contributed by atoms with E-state index in [2.05, 4.69) is 10.0 Å². The molecule has 0 atom stereocenters. The zero-order chi connectivity index (χ0) is 17.6. The smallest absolute Gasteiger partial charge is 0.241 e. The standard InChI is InChI=1S/C18H22N2O3S/c1-14(2)16-8-10-17(11-9-16)24(22,23)20-13-18(21)19-12-15-6-4-3-5-7-15/h3-11,14,20H,12-13H2,1-2H3,(H,19,21). The number of rotatable bonds is 7. The Bertz CT molecular complexity index is 770. The van der Waals surface area contributed by atoms with E-state index in [1.807, 2.05) is 44.2 Å². The van der Waals surface area contributed by atoms with Gasteiger partial charge in [0.15, 0.2) is 0 Å². The summed E-state index contributed by atoms with van der Waals surface area (Å²) in [7, 11) is -3.69. The largest absolute Gasteiger partial charge is 0.351 e. The molecule has 0 spiro atoms. The van der Waals surface area contributed by atoms with Crippen LogP contribution in [0.2, 0.25) is 0 Å². The summed E-state index contributed by atoms with van der Waals surface area (Å²) < 4.78 is 26.7. The molecule has 0 heterocycles. The van der Waals surface area contributed by atoms with Gasteiger partial charge in [0.1, 0.15) is 0 Å². The number of hydrogen-bond donors (Lipinski definition) is 2. The maximum atomic E-state index is 12.2. The summed E-state index contributed by atoms with van der Waals surface area (Å²) in [6.45, 7) is 4.16. The first-order valence-electron chi connectivity index (χ1n) is 7.79. The molecule has 0 fully saturated rings. The van der Waals surface area contributed by atoms with Crippen molar-refractivity contribution in [2.45, 2.75) is 31.2 Å². The second-order valence-electron chi connectivity index (χ2n) is 5.81. The number of nitrogens with one attached hydrogen (secondary N) is 2. The van der Waals surface area contributed by atoms with Gasteiger partial charge >= 0.3 is 0 Å². The van der Waals surface area contributed by atoms with E-state index in [9.17, 15) is 13.2 Å². The van der Waals surface area contributed by atoms with E-state index in [1.54, 1.807) is 24.3 Å². The normalized spacial score (nSPS) is 11.5. The summed E-state index contributed by atoms with van der Waals surface area (Å²) in [5.74, 6) is -0.0419. The van der Waals surface area contributed by atoms with Gasteiger partial charge in [-0.05, 0) is 29.2 Å². The number of sulfonamides is 1. The van der Waals surface area contributed by atoms with E-state index < -0.39 is 10.0 Å². The number of carbonyl (C=O) groups is 1. The predicted molar refractivity (Wildman–Crippen MR) is 94.0 cm³/mol. The Balaban J connectivity index is 1.88. The molecule has 0 aliphatic rings. The third kappa shape index (κ3) is 5.18. The second kappa shape index (κ2) is 8.08. The number of hydrogen-bond acceptors (Lipinski definition) is 3. The van der Waals surface area contributed by atoms with Crippen molar-refractivity contribution in [2.24, 2.45) is 0 Å². The van der Waals surface area contributed by atoms with E-state index in [-0.39, 0.29) is 17.3 Å². The van der Waals surface area contributed by atoms with Gasteiger partial charge in [-0.2, -0.15) is 0 Å². The van der Waals surface area contributed by atoms with Crippen LogP contribution < -0.4 is 10.0 Å². The van der Waals surface area contributed by atoms with Gasteiger partial charge in [0.05, 0.1) is 11.4 Å². The molecule has 0 saturated heterocycles. The summed E-state index contributed by atoms with van der Waals surface area (Å²) >= 11 is 0. The molecule has 0 unspecified atom stereocenters.